The van der Waals surface area contributed by atoms with Crippen LogP contribution in [0, 0.1) is 11.3 Å². The molecule has 0 aliphatic carbocycles. The van der Waals surface area contributed by atoms with Crippen molar-refractivity contribution >= 4 is 27.5 Å². The Morgan fingerprint density at radius 1 is 1.47 bits per heavy atom. The first-order valence-corrected chi connectivity index (χ1v) is 6.07. The molecule has 1 amide bonds. The predicted octanol–water partition coefficient (Wildman–Crippen LogP) is 2.42. The van der Waals surface area contributed by atoms with Gasteiger partial charge in [0.05, 0.1) is 11.3 Å². The maximum Gasteiger partial charge on any atom is 0.224 e. The summed E-state index contributed by atoms with van der Waals surface area (Å²) in [6, 6.07) is 7.11. The largest absolute Gasteiger partial charge is 0.396 e. The molecule has 0 aromatic heterocycles. The summed E-state index contributed by atoms with van der Waals surface area (Å²) in [7, 11) is 0. The van der Waals surface area contributed by atoms with Crippen molar-refractivity contribution in [2.75, 3.05) is 11.9 Å². The lowest BCUT2D eigenvalue weighted by molar-refractivity contribution is -0.116. The number of aliphatic hydroxyl groups is 1. The number of nitriles is 1. The normalized spacial score (nSPS) is 9.71. The zero-order valence-corrected chi connectivity index (χ0v) is 10.8. The van der Waals surface area contributed by atoms with Gasteiger partial charge in [0.25, 0.3) is 0 Å². The minimum Gasteiger partial charge on any atom is -0.396 e. The lowest BCUT2D eigenvalue weighted by Crippen LogP contribution is -2.12. The molecule has 0 saturated carbocycles. The number of unbranched alkanes of at least 4 members (excludes halogenated alkanes) is 1. The minimum atomic E-state index is -0.145. The van der Waals surface area contributed by atoms with E-state index in [1.165, 1.54) is 0 Å². The van der Waals surface area contributed by atoms with Crippen LogP contribution >= 0.6 is 15.9 Å². The maximum atomic E-state index is 11.5. The molecule has 1 aromatic carbocycles. The van der Waals surface area contributed by atoms with Crippen molar-refractivity contribution in [3.05, 3.63) is 28.2 Å². The van der Waals surface area contributed by atoms with Gasteiger partial charge in [-0.2, -0.15) is 5.26 Å². The van der Waals surface area contributed by atoms with Crippen LogP contribution < -0.4 is 5.32 Å². The third-order valence-electron chi connectivity index (χ3n) is 2.19. The first kappa shape index (κ1) is 13.7. The molecule has 0 unspecified atom stereocenters. The van der Waals surface area contributed by atoms with Crippen molar-refractivity contribution in [1.82, 2.24) is 0 Å². The number of benzene rings is 1. The molecule has 0 atom stereocenters. The molecule has 90 valence electrons. The summed E-state index contributed by atoms with van der Waals surface area (Å²) in [6.45, 7) is 0.0909. The van der Waals surface area contributed by atoms with Crippen molar-refractivity contribution in [2.24, 2.45) is 0 Å². The molecule has 0 saturated heterocycles. The van der Waals surface area contributed by atoms with Crippen molar-refractivity contribution in [3.8, 4) is 6.07 Å². The zero-order valence-electron chi connectivity index (χ0n) is 9.24. The highest BCUT2D eigenvalue weighted by atomic mass is 79.9. The number of rotatable bonds is 5. The van der Waals surface area contributed by atoms with E-state index in [4.69, 9.17) is 10.4 Å². The Labute approximate surface area is 108 Å². The number of hydrogen-bond donors (Lipinski definition) is 2. The van der Waals surface area contributed by atoms with Crippen LogP contribution in [-0.4, -0.2) is 17.6 Å². The number of amides is 1. The minimum absolute atomic E-state index is 0.0909. The Morgan fingerprint density at radius 2 is 2.24 bits per heavy atom. The van der Waals surface area contributed by atoms with Crippen molar-refractivity contribution < 1.29 is 9.90 Å². The molecule has 0 fully saturated rings. The molecular weight excluding hydrogens is 284 g/mol. The number of nitrogens with one attached hydrogen (secondary N) is 1. The van der Waals surface area contributed by atoms with E-state index in [2.05, 4.69) is 21.2 Å². The second kappa shape index (κ2) is 7.05. The van der Waals surface area contributed by atoms with Crippen LogP contribution in [0.15, 0.2) is 22.7 Å². The van der Waals surface area contributed by atoms with Crippen LogP contribution in [0.3, 0.4) is 0 Å². The van der Waals surface area contributed by atoms with E-state index in [9.17, 15) is 4.79 Å². The highest BCUT2D eigenvalue weighted by Crippen LogP contribution is 2.21. The molecule has 1 rings (SSSR count). The summed E-state index contributed by atoms with van der Waals surface area (Å²) in [4.78, 5) is 11.5. The summed E-state index contributed by atoms with van der Waals surface area (Å²) in [5.74, 6) is -0.145. The highest BCUT2D eigenvalue weighted by molar-refractivity contribution is 9.10. The maximum absolute atomic E-state index is 11.5. The Hall–Kier alpha value is -1.38. The van der Waals surface area contributed by atoms with Gasteiger partial charge in [-0.25, -0.2) is 0 Å². The van der Waals surface area contributed by atoms with Crippen LogP contribution in [0.2, 0.25) is 0 Å². The smallest absolute Gasteiger partial charge is 0.224 e. The molecule has 0 spiro atoms. The van der Waals surface area contributed by atoms with E-state index in [-0.39, 0.29) is 12.5 Å². The first-order valence-electron chi connectivity index (χ1n) is 5.27. The topological polar surface area (TPSA) is 73.1 Å². The number of halogens is 1. The Kier molecular flexibility index (Phi) is 5.67. The monoisotopic (exact) mass is 296 g/mol. The van der Waals surface area contributed by atoms with Gasteiger partial charge in [0, 0.05) is 17.5 Å². The molecule has 0 radical (unpaired) electrons. The molecule has 5 heteroatoms. The number of anilines is 1. The van der Waals surface area contributed by atoms with E-state index in [1.54, 1.807) is 18.2 Å². The van der Waals surface area contributed by atoms with E-state index in [1.807, 2.05) is 6.07 Å². The Morgan fingerprint density at radius 3 is 2.88 bits per heavy atom. The van der Waals surface area contributed by atoms with Gasteiger partial charge in [0.2, 0.25) is 5.91 Å². The molecular formula is C12H13BrN2O2. The molecule has 1 aromatic rings. The third-order valence-corrected chi connectivity index (χ3v) is 2.68. The van der Waals surface area contributed by atoms with Crippen molar-refractivity contribution in [3.63, 3.8) is 0 Å². The molecule has 0 aliphatic rings. The van der Waals surface area contributed by atoms with Gasteiger partial charge >= 0.3 is 0 Å². The fourth-order valence-electron chi connectivity index (χ4n) is 1.33. The van der Waals surface area contributed by atoms with E-state index in [0.29, 0.717) is 30.5 Å². The van der Waals surface area contributed by atoms with E-state index >= 15 is 0 Å². The van der Waals surface area contributed by atoms with E-state index < -0.39 is 0 Å². The number of hydrogen-bond acceptors (Lipinski definition) is 3. The summed E-state index contributed by atoms with van der Waals surface area (Å²) in [5.41, 5.74) is 0.944. The average molecular weight is 297 g/mol. The molecule has 4 nitrogen and oxygen atoms in total. The van der Waals surface area contributed by atoms with Gasteiger partial charge in [-0.1, -0.05) is 15.9 Å². The van der Waals surface area contributed by atoms with Gasteiger partial charge in [0.15, 0.2) is 0 Å². The summed E-state index contributed by atoms with van der Waals surface area (Å²) in [5, 5.41) is 20.2. The van der Waals surface area contributed by atoms with Gasteiger partial charge < -0.3 is 10.4 Å². The standard InChI is InChI=1S/C12H13BrN2O2/c13-10-5-4-9(8-14)11(7-10)15-12(17)3-1-2-6-16/h4-5,7,16H,1-3,6H2,(H,15,17). The number of aliphatic hydroxyl groups excluding tert-OH is 1. The second-order valence-electron chi connectivity index (χ2n) is 3.53. The van der Waals surface area contributed by atoms with Gasteiger partial charge in [0.1, 0.15) is 6.07 Å². The first-order chi connectivity index (χ1) is 8.17. The SMILES string of the molecule is N#Cc1ccc(Br)cc1NC(=O)CCCCO. The quantitative estimate of drug-likeness (QED) is 0.820. The number of nitrogens with zero attached hydrogens (tertiary/aromatic N) is 1. The lowest BCUT2D eigenvalue weighted by atomic mass is 10.2. The summed E-state index contributed by atoms with van der Waals surface area (Å²) >= 11 is 3.29. The van der Waals surface area contributed by atoms with Crippen LogP contribution in [0.25, 0.3) is 0 Å². The van der Waals surface area contributed by atoms with Crippen LogP contribution in [0.4, 0.5) is 5.69 Å². The number of carbonyl (C=O) groups excluding carboxylic acids is 1. The summed E-state index contributed by atoms with van der Waals surface area (Å²) < 4.78 is 0.808. The molecule has 0 bridgehead atoms. The summed E-state index contributed by atoms with van der Waals surface area (Å²) in [6.07, 6.45) is 1.59. The van der Waals surface area contributed by atoms with Gasteiger partial charge in [-0.3, -0.25) is 4.79 Å². The highest BCUT2D eigenvalue weighted by Gasteiger charge is 2.07. The van der Waals surface area contributed by atoms with Crippen LogP contribution in [0.5, 0.6) is 0 Å². The van der Waals surface area contributed by atoms with E-state index in [0.717, 1.165) is 4.47 Å². The Balaban J connectivity index is 2.64. The second-order valence-corrected chi connectivity index (χ2v) is 4.45. The fraction of sp³-hybridized carbons (Fsp3) is 0.333. The number of carbonyl (C=O) groups is 1. The molecule has 2 N–H and O–H groups in total. The van der Waals surface area contributed by atoms with Crippen molar-refractivity contribution in [2.45, 2.75) is 19.3 Å². The third kappa shape index (κ3) is 4.55. The predicted molar refractivity (Wildman–Crippen MR) is 68.4 cm³/mol. The molecule has 17 heavy (non-hydrogen) atoms. The zero-order chi connectivity index (χ0) is 12.7. The van der Waals surface area contributed by atoms with Gasteiger partial charge in [-0.15, -0.1) is 0 Å². The molecule has 0 aliphatic heterocycles. The van der Waals surface area contributed by atoms with Gasteiger partial charge in [-0.05, 0) is 31.0 Å². The molecule has 0 heterocycles. The Bertz CT molecular complexity index is 441. The van der Waals surface area contributed by atoms with Crippen LogP contribution in [-0.2, 0) is 4.79 Å². The fourth-order valence-corrected chi connectivity index (χ4v) is 1.69. The van der Waals surface area contributed by atoms with Crippen molar-refractivity contribution in [1.29, 1.82) is 5.26 Å². The van der Waals surface area contributed by atoms with Crippen LogP contribution in [0.1, 0.15) is 24.8 Å². The lowest BCUT2D eigenvalue weighted by Gasteiger charge is -2.07. The average Bonchev–Trinajstić information content (AvgIpc) is 2.29.